The molecule has 0 aliphatic carbocycles. The molecule has 1 aliphatic heterocycles. The van der Waals surface area contributed by atoms with Crippen LogP contribution in [0, 0.1) is 5.92 Å². The zero-order valence-electron chi connectivity index (χ0n) is 18.3. The number of methoxy groups -OCH3 is 1. The van der Waals surface area contributed by atoms with Gasteiger partial charge in [-0.1, -0.05) is 28.9 Å². The van der Waals surface area contributed by atoms with E-state index in [1.54, 1.807) is 36.1 Å². The summed E-state index contributed by atoms with van der Waals surface area (Å²) in [4.78, 5) is 12.9. The van der Waals surface area contributed by atoms with Crippen LogP contribution < -0.4 is 5.32 Å². The fraction of sp³-hybridized carbons (Fsp3) is 0.409. The molecule has 0 bridgehead atoms. The molecule has 1 atom stereocenters. The molecule has 1 fully saturated rings. The minimum absolute atomic E-state index is 0.146. The normalized spacial score (nSPS) is 17.3. The summed E-state index contributed by atoms with van der Waals surface area (Å²) < 4.78 is 34.7. The average molecular weight is 492 g/mol. The fourth-order valence-corrected chi connectivity index (χ4v) is 5.59. The third-order valence-corrected chi connectivity index (χ3v) is 7.88. The second-order valence-electron chi connectivity index (χ2n) is 8.00. The van der Waals surface area contributed by atoms with Gasteiger partial charge in [-0.05, 0) is 48.7 Å². The predicted molar refractivity (Wildman–Crippen MR) is 124 cm³/mol. The highest BCUT2D eigenvalue weighted by molar-refractivity contribution is 7.89. The van der Waals surface area contributed by atoms with Crippen molar-refractivity contribution < 1.29 is 17.9 Å². The highest BCUT2D eigenvalue weighted by atomic mass is 35.5. The quantitative estimate of drug-likeness (QED) is 0.518. The Morgan fingerprint density at radius 2 is 2.03 bits per heavy atom. The van der Waals surface area contributed by atoms with E-state index < -0.39 is 15.9 Å². The maximum absolute atomic E-state index is 13.3. The van der Waals surface area contributed by atoms with E-state index in [4.69, 9.17) is 16.3 Å². The monoisotopic (exact) mass is 491 g/mol. The van der Waals surface area contributed by atoms with Gasteiger partial charge >= 0.3 is 0 Å². The van der Waals surface area contributed by atoms with Crippen LogP contribution in [0.1, 0.15) is 18.4 Å². The molecule has 0 unspecified atom stereocenters. The van der Waals surface area contributed by atoms with E-state index in [2.05, 4.69) is 15.6 Å². The van der Waals surface area contributed by atoms with Crippen molar-refractivity contribution in [3.8, 4) is 0 Å². The van der Waals surface area contributed by atoms with Crippen LogP contribution in [0.3, 0.4) is 0 Å². The minimum Gasteiger partial charge on any atom is -0.383 e. The van der Waals surface area contributed by atoms with Crippen molar-refractivity contribution in [2.75, 3.05) is 26.8 Å². The van der Waals surface area contributed by atoms with Gasteiger partial charge in [-0.25, -0.2) is 13.1 Å². The van der Waals surface area contributed by atoms with Gasteiger partial charge in [0.15, 0.2) is 0 Å². The first-order chi connectivity index (χ1) is 15.9. The number of rotatable bonds is 8. The van der Waals surface area contributed by atoms with E-state index in [-0.39, 0.29) is 17.3 Å². The molecule has 0 radical (unpaired) electrons. The number of nitrogens with zero attached hydrogens (tertiary/aromatic N) is 4. The first-order valence-corrected chi connectivity index (χ1v) is 12.5. The second kappa shape index (κ2) is 10.2. The number of benzene rings is 2. The number of carbonyl (C=O) groups is 1. The van der Waals surface area contributed by atoms with Crippen LogP contribution in [0.4, 0.5) is 0 Å². The molecule has 33 heavy (non-hydrogen) atoms. The first-order valence-electron chi connectivity index (χ1n) is 10.7. The first kappa shape index (κ1) is 23.6. The Labute approximate surface area is 197 Å². The van der Waals surface area contributed by atoms with Crippen molar-refractivity contribution in [2.45, 2.75) is 30.8 Å². The molecular formula is C22H26ClN5O4S. The van der Waals surface area contributed by atoms with Gasteiger partial charge in [0.1, 0.15) is 5.52 Å². The number of ether oxygens (including phenoxy) is 1. The maximum Gasteiger partial charge on any atom is 0.243 e. The van der Waals surface area contributed by atoms with Crippen LogP contribution in [0.2, 0.25) is 5.02 Å². The van der Waals surface area contributed by atoms with E-state index in [0.717, 1.165) is 11.1 Å². The lowest BCUT2D eigenvalue weighted by atomic mass is 9.99. The lowest BCUT2D eigenvalue weighted by Gasteiger charge is -2.31. The number of piperidine rings is 1. The number of nitrogens with one attached hydrogen (secondary N) is 1. The number of sulfonamides is 1. The number of hydrogen-bond donors (Lipinski definition) is 1. The summed E-state index contributed by atoms with van der Waals surface area (Å²) in [5.74, 6) is -0.555. The average Bonchev–Trinajstić information content (AvgIpc) is 3.24. The smallest absolute Gasteiger partial charge is 0.243 e. The third-order valence-electron chi connectivity index (χ3n) is 5.77. The number of hydrogen-bond acceptors (Lipinski definition) is 6. The SMILES string of the molecule is COCCn1nnc2cc(S(=O)(=O)N3CCC[C@H](C(=O)NCc4ccc(Cl)cc4)C3)ccc21. The van der Waals surface area contributed by atoms with Crippen LogP contribution in [0.15, 0.2) is 47.4 Å². The van der Waals surface area contributed by atoms with Gasteiger partial charge in [0, 0.05) is 31.8 Å². The number of aromatic nitrogens is 3. The van der Waals surface area contributed by atoms with Gasteiger partial charge in [-0.15, -0.1) is 5.10 Å². The van der Waals surface area contributed by atoms with Crippen LogP contribution in [-0.2, 0) is 32.6 Å². The minimum atomic E-state index is -3.76. The molecule has 1 aromatic heterocycles. The molecular weight excluding hydrogens is 466 g/mol. The van der Waals surface area contributed by atoms with Gasteiger partial charge in [0.25, 0.3) is 0 Å². The van der Waals surface area contributed by atoms with Crippen molar-refractivity contribution in [2.24, 2.45) is 5.92 Å². The molecule has 4 rings (SSSR count). The van der Waals surface area contributed by atoms with Gasteiger partial charge in [0.2, 0.25) is 15.9 Å². The van der Waals surface area contributed by atoms with Crippen LogP contribution in [0.5, 0.6) is 0 Å². The molecule has 2 aromatic carbocycles. The topological polar surface area (TPSA) is 106 Å². The predicted octanol–water partition coefficient (Wildman–Crippen LogP) is 2.45. The summed E-state index contributed by atoms with van der Waals surface area (Å²) in [7, 11) is -2.16. The fourth-order valence-electron chi connectivity index (χ4n) is 3.91. The van der Waals surface area contributed by atoms with E-state index in [0.29, 0.717) is 49.6 Å². The molecule has 9 nitrogen and oxygen atoms in total. The van der Waals surface area contributed by atoms with Crippen molar-refractivity contribution in [3.63, 3.8) is 0 Å². The Hall–Kier alpha value is -2.53. The lowest BCUT2D eigenvalue weighted by Crippen LogP contribution is -2.45. The summed E-state index contributed by atoms with van der Waals surface area (Å²) in [6, 6.07) is 12.0. The van der Waals surface area contributed by atoms with Crippen LogP contribution >= 0.6 is 11.6 Å². The van der Waals surface area contributed by atoms with E-state index in [1.165, 1.54) is 10.4 Å². The third kappa shape index (κ3) is 5.35. The van der Waals surface area contributed by atoms with Crippen molar-refractivity contribution in [3.05, 3.63) is 53.1 Å². The van der Waals surface area contributed by atoms with Gasteiger partial charge in [-0.3, -0.25) is 4.79 Å². The largest absolute Gasteiger partial charge is 0.383 e. The van der Waals surface area contributed by atoms with Crippen molar-refractivity contribution in [1.29, 1.82) is 0 Å². The molecule has 3 aromatic rings. The number of halogens is 1. The molecule has 2 heterocycles. The van der Waals surface area contributed by atoms with E-state index >= 15 is 0 Å². The second-order valence-corrected chi connectivity index (χ2v) is 10.4. The molecule has 1 saturated heterocycles. The maximum atomic E-state index is 13.3. The molecule has 0 spiro atoms. The number of amides is 1. The lowest BCUT2D eigenvalue weighted by molar-refractivity contribution is -0.126. The van der Waals surface area contributed by atoms with Gasteiger partial charge < -0.3 is 10.1 Å². The Morgan fingerprint density at radius 1 is 1.24 bits per heavy atom. The Balaban J connectivity index is 1.44. The highest BCUT2D eigenvalue weighted by Gasteiger charge is 2.33. The molecule has 1 N–H and O–H groups in total. The molecule has 1 aliphatic rings. The van der Waals surface area contributed by atoms with Crippen LogP contribution in [0.25, 0.3) is 11.0 Å². The Kier molecular flexibility index (Phi) is 7.28. The highest BCUT2D eigenvalue weighted by Crippen LogP contribution is 2.26. The summed E-state index contributed by atoms with van der Waals surface area (Å²) >= 11 is 5.90. The number of fused-ring (bicyclic) bond motifs is 1. The Morgan fingerprint density at radius 3 is 2.79 bits per heavy atom. The Bertz CT molecular complexity index is 1230. The summed E-state index contributed by atoms with van der Waals surface area (Å²) in [5.41, 5.74) is 2.17. The van der Waals surface area contributed by atoms with Crippen molar-refractivity contribution in [1.82, 2.24) is 24.6 Å². The molecule has 11 heteroatoms. The van der Waals surface area contributed by atoms with Crippen LogP contribution in [-0.4, -0.2) is 60.4 Å². The zero-order chi connectivity index (χ0) is 23.4. The van der Waals surface area contributed by atoms with Gasteiger partial charge in [0.05, 0.1) is 29.5 Å². The van der Waals surface area contributed by atoms with E-state index in [9.17, 15) is 13.2 Å². The molecule has 0 saturated carbocycles. The molecule has 1 amide bonds. The summed E-state index contributed by atoms with van der Waals surface area (Å²) in [6.07, 6.45) is 1.26. The summed E-state index contributed by atoms with van der Waals surface area (Å²) in [5, 5.41) is 11.7. The van der Waals surface area contributed by atoms with Gasteiger partial charge in [-0.2, -0.15) is 4.31 Å². The standard InChI is InChI=1S/C22H26ClN5O4S/c1-32-12-11-28-21-9-8-19(13-20(21)25-26-28)33(30,31)27-10-2-3-17(15-27)22(29)24-14-16-4-6-18(23)7-5-16/h4-9,13,17H,2-3,10-12,14-15H2,1H3,(H,24,29)/t17-/m0/s1. The van der Waals surface area contributed by atoms with Crippen molar-refractivity contribution >= 4 is 38.6 Å². The zero-order valence-corrected chi connectivity index (χ0v) is 19.8. The number of carbonyl (C=O) groups excluding carboxylic acids is 1. The molecule has 176 valence electrons. The van der Waals surface area contributed by atoms with E-state index in [1.807, 2.05) is 12.1 Å². The summed E-state index contributed by atoms with van der Waals surface area (Å²) in [6.45, 7) is 1.90.